The van der Waals surface area contributed by atoms with Gasteiger partial charge in [-0.2, -0.15) is 0 Å². The first-order chi connectivity index (χ1) is 13.6. The second-order valence-electron chi connectivity index (χ2n) is 7.36. The van der Waals surface area contributed by atoms with E-state index in [1.165, 1.54) is 0 Å². The van der Waals surface area contributed by atoms with Crippen LogP contribution in [0.4, 0.5) is 0 Å². The van der Waals surface area contributed by atoms with Crippen LogP contribution < -0.4 is 15.4 Å². The number of ether oxygens (including phenoxy) is 1. The Labute approximate surface area is 170 Å². The van der Waals surface area contributed by atoms with Crippen LogP contribution in [-0.2, 0) is 6.54 Å². The normalized spacial score (nSPS) is 20.2. The molecule has 6 nitrogen and oxygen atoms in total. The van der Waals surface area contributed by atoms with Gasteiger partial charge >= 0.3 is 0 Å². The summed E-state index contributed by atoms with van der Waals surface area (Å²) < 4.78 is 5.85. The monoisotopic (exact) mass is 390 g/mol. The van der Waals surface area contributed by atoms with E-state index in [0.29, 0.717) is 19.2 Å². The van der Waals surface area contributed by atoms with Crippen LogP contribution in [0.5, 0.6) is 5.75 Å². The number of likely N-dealkylation sites (N-methyl/N-ethyl adjacent to an activating group) is 1. The van der Waals surface area contributed by atoms with Crippen molar-refractivity contribution in [1.29, 1.82) is 0 Å². The fourth-order valence-electron chi connectivity index (χ4n) is 3.43. The van der Waals surface area contributed by atoms with Crippen LogP contribution in [0.25, 0.3) is 0 Å². The predicted molar refractivity (Wildman–Crippen MR) is 116 cm³/mol. The largest absolute Gasteiger partial charge is 0.492 e. The highest BCUT2D eigenvalue weighted by atomic mass is 16.5. The number of nitrogens with one attached hydrogen (secondary N) is 2. The zero-order valence-electron chi connectivity index (χ0n) is 17.8. The summed E-state index contributed by atoms with van der Waals surface area (Å²) in [6, 6.07) is 8.60. The second kappa shape index (κ2) is 12.6. The van der Waals surface area contributed by atoms with Crippen LogP contribution in [0.2, 0.25) is 0 Å². The van der Waals surface area contributed by atoms with E-state index in [-0.39, 0.29) is 6.10 Å². The van der Waals surface area contributed by atoms with Crippen molar-refractivity contribution < 1.29 is 9.84 Å². The summed E-state index contributed by atoms with van der Waals surface area (Å²) in [6.07, 6.45) is 3.58. The van der Waals surface area contributed by atoms with Crippen molar-refractivity contribution in [1.82, 2.24) is 15.5 Å². The number of hydrogen-bond acceptors (Lipinski definition) is 4. The van der Waals surface area contributed by atoms with Crippen LogP contribution in [0.1, 0.15) is 52.0 Å². The second-order valence-corrected chi connectivity index (χ2v) is 7.36. The molecule has 1 aromatic carbocycles. The topological polar surface area (TPSA) is 69.1 Å². The summed E-state index contributed by atoms with van der Waals surface area (Å²) in [4.78, 5) is 7.07. The minimum absolute atomic E-state index is 0.134. The van der Waals surface area contributed by atoms with Crippen molar-refractivity contribution in [2.75, 3.05) is 32.8 Å². The molecule has 2 rings (SSSR count). The van der Waals surface area contributed by atoms with Gasteiger partial charge in [0.15, 0.2) is 5.96 Å². The molecule has 0 saturated heterocycles. The Hall–Kier alpha value is -1.79. The van der Waals surface area contributed by atoms with E-state index in [9.17, 15) is 5.11 Å². The standard InChI is InChI=1S/C22H38N4O2/c1-4-23-22(25-19-9-11-20(27)12-10-19)24-17-18-7-13-21(14-8-18)28-16-15-26(5-2)6-3/h7-8,13-14,19-20,27H,4-6,9-12,15-17H2,1-3H3,(H2,23,24,25). The van der Waals surface area contributed by atoms with Gasteiger partial charge in [-0.15, -0.1) is 0 Å². The van der Waals surface area contributed by atoms with Gasteiger partial charge < -0.3 is 25.4 Å². The highest BCUT2D eigenvalue weighted by Crippen LogP contribution is 2.18. The van der Waals surface area contributed by atoms with Crippen LogP contribution in [0, 0.1) is 0 Å². The van der Waals surface area contributed by atoms with Crippen molar-refractivity contribution in [2.45, 2.75) is 65.1 Å². The van der Waals surface area contributed by atoms with Gasteiger partial charge in [0.05, 0.1) is 12.6 Å². The van der Waals surface area contributed by atoms with E-state index in [1.807, 2.05) is 12.1 Å². The minimum atomic E-state index is -0.134. The third kappa shape index (κ3) is 8.07. The maximum absolute atomic E-state index is 9.66. The van der Waals surface area contributed by atoms with E-state index in [0.717, 1.165) is 69.1 Å². The van der Waals surface area contributed by atoms with Crippen LogP contribution >= 0.6 is 0 Å². The molecule has 0 atom stereocenters. The van der Waals surface area contributed by atoms with E-state index in [2.05, 4.69) is 48.4 Å². The van der Waals surface area contributed by atoms with Gasteiger partial charge in [0, 0.05) is 19.1 Å². The molecule has 28 heavy (non-hydrogen) atoms. The molecule has 1 fully saturated rings. The number of guanidine groups is 1. The third-order valence-electron chi connectivity index (χ3n) is 5.30. The summed E-state index contributed by atoms with van der Waals surface area (Å²) in [5.41, 5.74) is 1.16. The fourth-order valence-corrected chi connectivity index (χ4v) is 3.43. The zero-order valence-corrected chi connectivity index (χ0v) is 17.8. The van der Waals surface area contributed by atoms with Gasteiger partial charge in [0.25, 0.3) is 0 Å². The van der Waals surface area contributed by atoms with E-state index < -0.39 is 0 Å². The minimum Gasteiger partial charge on any atom is -0.492 e. The molecule has 1 aliphatic carbocycles. The number of rotatable bonds is 10. The van der Waals surface area contributed by atoms with Gasteiger partial charge in [0.2, 0.25) is 0 Å². The summed E-state index contributed by atoms with van der Waals surface area (Å²) in [5.74, 6) is 1.76. The molecular formula is C22H38N4O2. The Morgan fingerprint density at radius 1 is 1.11 bits per heavy atom. The summed E-state index contributed by atoms with van der Waals surface area (Å²) in [6.45, 7) is 11.7. The highest BCUT2D eigenvalue weighted by molar-refractivity contribution is 5.80. The Balaban J connectivity index is 1.81. The van der Waals surface area contributed by atoms with Gasteiger partial charge in [-0.3, -0.25) is 0 Å². The smallest absolute Gasteiger partial charge is 0.191 e. The fraction of sp³-hybridized carbons (Fsp3) is 0.682. The molecular weight excluding hydrogens is 352 g/mol. The predicted octanol–water partition coefficient (Wildman–Crippen LogP) is 2.77. The summed E-state index contributed by atoms with van der Waals surface area (Å²) in [5, 5.41) is 16.5. The molecule has 1 aromatic rings. The lowest BCUT2D eigenvalue weighted by Gasteiger charge is -2.27. The molecule has 0 aromatic heterocycles. The molecule has 6 heteroatoms. The highest BCUT2D eigenvalue weighted by Gasteiger charge is 2.19. The zero-order chi connectivity index (χ0) is 20.2. The average molecular weight is 391 g/mol. The molecule has 0 aliphatic heterocycles. The number of aliphatic hydroxyl groups excluding tert-OH is 1. The van der Waals surface area contributed by atoms with Crippen molar-refractivity contribution in [2.24, 2.45) is 4.99 Å². The SMILES string of the molecule is CCNC(=NCc1ccc(OCCN(CC)CC)cc1)NC1CCC(O)CC1. The maximum atomic E-state index is 9.66. The van der Waals surface area contributed by atoms with Crippen molar-refractivity contribution in [3.05, 3.63) is 29.8 Å². The van der Waals surface area contributed by atoms with Crippen molar-refractivity contribution in [3.63, 3.8) is 0 Å². The summed E-state index contributed by atoms with van der Waals surface area (Å²) >= 11 is 0. The molecule has 0 unspecified atom stereocenters. The quantitative estimate of drug-likeness (QED) is 0.423. The van der Waals surface area contributed by atoms with Gasteiger partial charge in [-0.25, -0.2) is 4.99 Å². The Bertz CT molecular complexity index is 564. The molecule has 3 N–H and O–H groups in total. The molecule has 0 bridgehead atoms. The van der Waals surface area contributed by atoms with Crippen LogP contribution in [-0.4, -0.2) is 60.9 Å². The lowest BCUT2D eigenvalue weighted by Crippen LogP contribution is -2.45. The molecule has 0 radical (unpaired) electrons. The Morgan fingerprint density at radius 2 is 1.79 bits per heavy atom. The van der Waals surface area contributed by atoms with Gasteiger partial charge in [0.1, 0.15) is 12.4 Å². The first kappa shape index (κ1) is 22.5. The molecule has 0 spiro atoms. The lowest BCUT2D eigenvalue weighted by molar-refractivity contribution is 0.120. The van der Waals surface area contributed by atoms with Gasteiger partial charge in [-0.05, 0) is 63.4 Å². The van der Waals surface area contributed by atoms with E-state index in [1.54, 1.807) is 0 Å². The number of nitrogens with zero attached hydrogens (tertiary/aromatic N) is 2. The first-order valence-corrected chi connectivity index (χ1v) is 10.8. The van der Waals surface area contributed by atoms with Crippen LogP contribution in [0.15, 0.2) is 29.3 Å². The summed E-state index contributed by atoms with van der Waals surface area (Å²) in [7, 11) is 0. The molecule has 1 saturated carbocycles. The lowest BCUT2D eigenvalue weighted by atomic mass is 9.93. The molecule has 1 aliphatic rings. The van der Waals surface area contributed by atoms with E-state index >= 15 is 0 Å². The van der Waals surface area contributed by atoms with Gasteiger partial charge in [-0.1, -0.05) is 26.0 Å². The van der Waals surface area contributed by atoms with E-state index in [4.69, 9.17) is 9.73 Å². The van der Waals surface area contributed by atoms with Crippen LogP contribution in [0.3, 0.4) is 0 Å². The molecule has 158 valence electrons. The third-order valence-corrected chi connectivity index (χ3v) is 5.30. The number of aliphatic imine (C=N–C) groups is 1. The number of aliphatic hydroxyl groups is 1. The van der Waals surface area contributed by atoms with Crippen molar-refractivity contribution in [3.8, 4) is 5.75 Å². The maximum Gasteiger partial charge on any atom is 0.191 e. The van der Waals surface area contributed by atoms with Crippen molar-refractivity contribution >= 4 is 5.96 Å². The first-order valence-electron chi connectivity index (χ1n) is 10.8. The number of benzene rings is 1. The Kier molecular flexibility index (Phi) is 10.1. The molecule has 0 heterocycles. The number of hydrogen-bond donors (Lipinski definition) is 3. The molecule has 0 amide bonds. The average Bonchev–Trinajstić information content (AvgIpc) is 2.72. The Morgan fingerprint density at radius 3 is 2.39 bits per heavy atom.